The summed E-state index contributed by atoms with van der Waals surface area (Å²) in [5.74, 6) is 1.09. The molecule has 142 valence electrons. The van der Waals surface area contributed by atoms with Crippen LogP contribution in [0.1, 0.15) is 62.0 Å². The fourth-order valence-electron chi connectivity index (χ4n) is 3.45. The van der Waals surface area contributed by atoms with Crippen LogP contribution in [0.5, 0.6) is 0 Å². The smallest absolute Gasteiger partial charge is 0.243 e. The standard InChI is InChI=1S/C19H28N4O2S/c1-13-10-16(19(3,4)5)11-17(14(13)2)26(24,25)23-8-6-15(7-9-23)18-20-12-21-22-18/h10-12,15H,6-9H2,1-5H3,(H,20,21,22). The molecule has 0 atom stereocenters. The first kappa shape index (κ1) is 19.0. The van der Waals surface area contributed by atoms with Crippen molar-refractivity contribution in [2.75, 3.05) is 13.1 Å². The monoisotopic (exact) mass is 376 g/mol. The molecule has 0 amide bonds. The third-order valence-electron chi connectivity index (χ3n) is 5.38. The topological polar surface area (TPSA) is 79.0 Å². The van der Waals surface area contributed by atoms with Crippen molar-refractivity contribution in [2.45, 2.75) is 63.7 Å². The largest absolute Gasteiger partial charge is 0.263 e. The number of nitrogens with one attached hydrogen (secondary N) is 1. The lowest BCUT2D eigenvalue weighted by molar-refractivity contribution is 0.313. The zero-order valence-corrected chi connectivity index (χ0v) is 17.0. The van der Waals surface area contributed by atoms with Crippen LogP contribution in [0.25, 0.3) is 0 Å². The maximum Gasteiger partial charge on any atom is 0.243 e. The van der Waals surface area contributed by atoms with Crippen molar-refractivity contribution in [3.63, 3.8) is 0 Å². The minimum Gasteiger partial charge on any atom is -0.263 e. The molecule has 1 aliphatic rings. The molecule has 0 bridgehead atoms. The number of H-pyrrole nitrogens is 1. The Labute approximate surface area is 156 Å². The van der Waals surface area contributed by atoms with Gasteiger partial charge in [-0.05, 0) is 54.9 Å². The van der Waals surface area contributed by atoms with Crippen molar-refractivity contribution in [1.82, 2.24) is 19.5 Å². The predicted molar refractivity (Wildman–Crippen MR) is 102 cm³/mol. The maximum atomic E-state index is 13.3. The molecule has 1 aromatic heterocycles. The molecule has 2 aromatic rings. The van der Waals surface area contributed by atoms with E-state index in [1.165, 1.54) is 6.33 Å². The van der Waals surface area contributed by atoms with Crippen molar-refractivity contribution < 1.29 is 8.42 Å². The molecule has 0 unspecified atom stereocenters. The van der Waals surface area contributed by atoms with Gasteiger partial charge < -0.3 is 0 Å². The van der Waals surface area contributed by atoms with E-state index in [9.17, 15) is 8.42 Å². The quantitative estimate of drug-likeness (QED) is 0.891. The molecule has 0 saturated carbocycles. The maximum absolute atomic E-state index is 13.3. The number of piperidine rings is 1. The number of hydrogen-bond donors (Lipinski definition) is 1. The van der Waals surface area contributed by atoms with Crippen LogP contribution in [-0.4, -0.2) is 41.0 Å². The van der Waals surface area contributed by atoms with Crippen molar-refractivity contribution in [2.24, 2.45) is 0 Å². The molecule has 6 nitrogen and oxygen atoms in total. The number of rotatable bonds is 3. The molecule has 7 heteroatoms. The van der Waals surface area contributed by atoms with Crippen LogP contribution in [0.15, 0.2) is 23.4 Å². The number of sulfonamides is 1. The molecule has 2 heterocycles. The zero-order valence-electron chi connectivity index (χ0n) is 16.2. The van der Waals surface area contributed by atoms with E-state index in [0.29, 0.717) is 18.0 Å². The summed E-state index contributed by atoms with van der Waals surface area (Å²) in [6.45, 7) is 11.2. The molecule has 1 fully saturated rings. The van der Waals surface area contributed by atoms with E-state index < -0.39 is 10.0 Å². The first-order valence-corrected chi connectivity index (χ1v) is 10.5. The highest BCUT2D eigenvalue weighted by molar-refractivity contribution is 7.89. The average Bonchev–Trinajstić information content (AvgIpc) is 3.10. The van der Waals surface area contributed by atoms with E-state index in [1.54, 1.807) is 4.31 Å². The zero-order chi connectivity index (χ0) is 19.1. The van der Waals surface area contributed by atoms with Crippen molar-refractivity contribution in [3.05, 3.63) is 41.0 Å². The number of aromatic amines is 1. The van der Waals surface area contributed by atoms with Gasteiger partial charge >= 0.3 is 0 Å². The van der Waals surface area contributed by atoms with Crippen molar-refractivity contribution in [3.8, 4) is 0 Å². The van der Waals surface area contributed by atoms with Crippen LogP contribution in [0, 0.1) is 13.8 Å². The molecule has 1 N–H and O–H groups in total. The number of benzene rings is 1. The number of aromatic nitrogens is 3. The Hall–Kier alpha value is -1.73. The van der Waals surface area contributed by atoms with E-state index in [-0.39, 0.29) is 11.3 Å². The second kappa shape index (κ2) is 6.78. The van der Waals surface area contributed by atoms with Gasteiger partial charge in [-0.1, -0.05) is 26.8 Å². The van der Waals surface area contributed by atoms with Gasteiger partial charge in [0.15, 0.2) is 0 Å². The Kier molecular flexibility index (Phi) is 4.96. The van der Waals surface area contributed by atoms with E-state index in [1.807, 2.05) is 19.9 Å². The average molecular weight is 377 g/mol. The van der Waals surface area contributed by atoms with Gasteiger partial charge in [0.2, 0.25) is 10.0 Å². The summed E-state index contributed by atoms with van der Waals surface area (Å²) < 4.78 is 28.3. The summed E-state index contributed by atoms with van der Waals surface area (Å²) in [4.78, 5) is 4.66. The summed E-state index contributed by atoms with van der Waals surface area (Å²) >= 11 is 0. The predicted octanol–water partition coefficient (Wildman–Crippen LogP) is 3.29. The normalized spacial score (nSPS) is 17.6. The summed E-state index contributed by atoms with van der Waals surface area (Å²) in [7, 11) is -3.50. The van der Waals surface area contributed by atoms with Crippen molar-refractivity contribution in [1.29, 1.82) is 0 Å². The van der Waals surface area contributed by atoms with Gasteiger partial charge in [0.05, 0.1) is 4.90 Å². The molecule has 1 saturated heterocycles. The molecule has 1 aliphatic heterocycles. The molecule has 0 aliphatic carbocycles. The minimum absolute atomic E-state index is 0.0952. The molecular formula is C19H28N4O2S. The summed E-state index contributed by atoms with van der Waals surface area (Å²) in [5.41, 5.74) is 2.82. The minimum atomic E-state index is -3.50. The summed E-state index contributed by atoms with van der Waals surface area (Å²) in [6.07, 6.45) is 3.01. The first-order valence-electron chi connectivity index (χ1n) is 9.08. The van der Waals surface area contributed by atoms with Gasteiger partial charge in [0.1, 0.15) is 12.2 Å². The number of nitrogens with zero attached hydrogens (tertiary/aromatic N) is 3. The van der Waals surface area contributed by atoms with Crippen LogP contribution >= 0.6 is 0 Å². The lowest BCUT2D eigenvalue weighted by Gasteiger charge is -2.31. The van der Waals surface area contributed by atoms with Crippen LogP contribution in [0.3, 0.4) is 0 Å². The lowest BCUT2D eigenvalue weighted by atomic mass is 9.85. The number of hydrogen-bond acceptors (Lipinski definition) is 4. The molecule has 26 heavy (non-hydrogen) atoms. The molecular weight excluding hydrogens is 348 g/mol. The fraction of sp³-hybridized carbons (Fsp3) is 0.579. The third kappa shape index (κ3) is 3.55. The Bertz CT molecular complexity index is 875. The van der Waals surface area contributed by atoms with Gasteiger partial charge in [-0.2, -0.15) is 9.40 Å². The Morgan fingerprint density at radius 2 is 1.81 bits per heavy atom. The van der Waals surface area contributed by atoms with Gasteiger partial charge in [-0.25, -0.2) is 13.4 Å². The van der Waals surface area contributed by atoms with Gasteiger partial charge in [0, 0.05) is 19.0 Å². The molecule has 3 rings (SSSR count). The van der Waals surface area contributed by atoms with Crippen LogP contribution in [0.2, 0.25) is 0 Å². The molecule has 0 spiro atoms. The lowest BCUT2D eigenvalue weighted by Crippen LogP contribution is -2.38. The fourth-order valence-corrected chi connectivity index (χ4v) is 5.24. The third-order valence-corrected chi connectivity index (χ3v) is 7.40. The first-order chi connectivity index (χ1) is 12.1. The van der Waals surface area contributed by atoms with Crippen LogP contribution in [-0.2, 0) is 15.4 Å². The highest BCUT2D eigenvalue weighted by Crippen LogP contribution is 2.33. The van der Waals surface area contributed by atoms with Crippen LogP contribution in [0.4, 0.5) is 0 Å². The number of aryl methyl sites for hydroxylation is 1. The van der Waals surface area contributed by atoms with E-state index in [0.717, 1.165) is 35.4 Å². The Morgan fingerprint density at radius 1 is 1.15 bits per heavy atom. The highest BCUT2D eigenvalue weighted by Gasteiger charge is 2.33. The van der Waals surface area contributed by atoms with E-state index in [2.05, 4.69) is 42.0 Å². The van der Waals surface area contributed by atoms with Gasteiger partial charge in [-0.15, -0.1) is 0 Å². The van der Waals surface area contributed by atoms with Gasteiger partial charge in [0.25, 0.3) is 0 Å². The van der Waals surface area contributed by atoms with Gasteiger partial charge in [-0.3, -0.25) is 5.10 Å². The second-order valence-corrected chi connectivity index (χ2v) is 10.1. The van der Waals surface area contributed by atoms with E-state index in [4.69, 9.17) is 0 Å². The Morgan fingerprint density at radius 3 is 2.35 bits per heavy atom. The molecule has 1 aromatic carbocycles. The summed E-state index contributed by atoms with van der Waals surface area (Å²) in [6, 6.07) is 3.96. The Balaban J connectivity index is 1.88. The second-order valence-electron chi connectivity index (χ2n) is 8.22. The SMILES string of the molecule is Cc1cc(C(C)(C)C)cc(S(=O)(=O)N2CCC(c3ncn[nH]3)CC2)c1C. The van der Waals surface area contributed by atoms with Crippen LogP contribution < -0.4 is 0 Å². The summed E-state index contributed by atoms with van der Waals surface area (Å²) in [5, 5.41) is 6.80. The highest BCUT2D eigenvalue weighted by atomic mass is 32.2. The molecule has 0 radical (unpaired) electrons. The van der Waals surface area contributed by atoms with Crippen molar-refractivity contribution >= 4 is 10.0 Å². The van der Waals surface area contributed by atoms with E-state index >= 15 is 0 Å².